The average Bonchev–Trinajstić information content (AvgIpc) is 2.86. The van der Waals surface area contributed by atoms with Gasteiger partial charge in [0.15, 0.2) is 0 Å². The minimum absolute atomic E-state index is 0.158. The maximum absolute atomic E-state index is 7.48. The molecule has 0 aromatic rings. The summed E-state index contributed by atoms with van der Waals surface area (Å²) < 4.78 is 54.2. The Hall–Kier alpha value is 0.548. The third kappa shape index (κ3) is 13.0. The Morgan fingerprint density at radius 2 is 0.550 bits per heavy atom. The van der Waals surface area contributed by atoms with Gasteiger partial charge in [0.25, 0.3) is 0 Å². The monoisotopic (exact) mass is 640 g/mol. The summed E-state index contributed by atoms with van der Waals surface area (Å²) in [5.41, 5.74) is 0. The molecule has 0 N–H and O–H groups in total. The summed E-state index contributed by atoms with van der Waals surface area (Å²) in [5, 5.41) is 0. The number of hydrogen-bond donors (Lipinski definition) is 0. The molecule has 0 atom stereocenters. The zero-order chi connectivity index (χ0) is 30.5. The lowest BCUT2D eigenvalue weighted by Crippen LogP contribution is -2.70. The molecule has 1 fully saturated rings. The van der Waals surface area contributed by atoms with E-state index in [1.807, 2.05) is 0 Å². The van der Waals surface area contributed by atoms with Crippen LogP contribution < -0.4 is 0 Å². The molecule has 0 saturated carbocycles. The molecule has 0 unspecified atom stereocenters. The molecule has 0 amide bonds. The first-order chi connectivity index (χ1) is 18.7. The van der Waals surface area contributed by atoms with Gasteiger partial charge in [0.05, 0.1) is 24.4 Å². The lowest BCUT2D eigenvalue weighted by molar-refractivity contribution is 0.0749. The molecule has 0 aliphatic carbocycles. The lowest BCUT2D eigenvalue weighted by atomic mass is 10.5. The third-order valence-corrected chi connectivity index (χ3v) is 27.5. The highest BCUT2D eigenvalue weighted by Gasteiger charge is 2.60. The van der Waals surface area contributed by atoms with E-state index in [0.29, 0.717) is 26.4 Å². The number of ether oxygens (including phenoxy) is 4. The zero-order valence-electron chi connectivity index (χ0n) is 28.1. The van der Waals surface area contributed by atoms with Crippen LogP contribution in [0.25, 0.3) is 0 Å². The largest absolute Gasteiger partial charge is 0.415 e. The first-order valence-corrected chi connectivity index (χ1v) is 24.9. The Kier molecular flexibility index (Phi) is 17.7. The van der Waals surface area contributed by atoms with Gasteiger partial charge in [0, 0.05) is 50.6 Å². The van der Waals surface area contributed by atoms with Gasteiger partial charge in [-0.05, 0) is 79.6 Å². The highest BCUT2D eigenvalue weighted by Crippen LogP contribution is 2.42. The van der Waals surface area contributed by atoms with Crippen LogP contribution in [0.1, 0.15) is 83.1 Å². The van der Waals surface area contributed by atoms with Crippen molar-refractivity contribution in [2.45, 2.75) is 156 Å². The van der Waals surface area contributed by atoms with Gasteiger partial charge in [-0.15, -0.1) is 0 Å². The Labute approximate surface area is 251 Å². The maximum atomic E-state index is 7.48. The molecular formula is C28H64O8Si4. The molecule has 1 saturated heterocycles. The summed E-state index contributed by atoms with van der Waals surface area (Å²) in [7, 11) is -11.1. The fourth-order valence-corrected chi connectivity index (χ4v) is 29.0. The van der Waals surface area contributed by atoms with E-state index >= 15 is 0 Å². The fraction of sp³-hybridized carbons (Fsp3) is 1.00. The van der Waals surface area contributed by atoms with Gasteiger partial charge in [-0.1, -0.05) is 27.7 Å². The first-order valence-electron chi connectivity index (χ1n) is 16.0. The molecule has 0 radical (unpaired) electrons. The second-order valence-electron chi connectivity index (χ2n) is 12.1. The van der Waals surface area contributed by atoms with Crippen LogP contribution in [0, 0.1) is 0 Å². The van der Waals surface area contributed by atoms with Crippen LogP contribution in [0.2, 0.25) is 48.4 Å². The summed E-state index contributed by atoms with van der Waals surface area (Å²) in [4.78, 5) is 0. The molecule has 0 spiro atoms. The Bertz CT molecular complexity index is 561. The molecule has 12 heteroatoms. The normalized spacial score (nSPS) is 30.0. The van der Waals surface area contributed by atoms with Gasteiger partial charge in [0.1, 0.15) is 0 Å². The summed E-state index contributed by atoms with van der Waals surface area (Å²) in [6.07, 6.45) is 0.631. The van der Waals surface area contributed by atoms with E-state index in [0.717, 1.165) is 48.4 Å². The molecule has 1 rings (SSSR count). The molecule has 0 bridgehead atoms. The standard InChI is InChI=1S/C28H64O8Si4/c1-13-37(21-17-29-25(5)6)33-38(14-2,22-18-30-26(7)8)35-40(16-4,24-20-32-28(11)12)36-39(15-3,34-37)23-19-31-27(9)10/h25-28H,13-24H2,1-12H3. The molecule has 0 aromatic carbocycles. The summed E-state index contributed by atoms with van der Waals surface area (Å²) in [5.74, 6) is 0. The predicted octanol–water partition coefficient (Wildman–Crippen LogP) is 7.61. The van der Waals surface area contributed by atoms with E-state index in [-0.39, 0.29) is 24.4 Å². The molecular weight excluding hydrogens is 577 g/mol. The Balaban J connectivity index is 3.63. The van der Waals surface area contributed by atoms with Gasteiger partial charge in [-0.2, -0.15) is 0 Å². The van der Waals surface area contributed by atoms with E-state index in [2.05, 4.69) is 83.1 Å². The minimum Gasteiger partial charge on any atom is -0.415 e. The SMILES string of the molecule is CC[Si]1(CCOC(C)C)O[Si](CC)(CCOC(C)C)O[Si](CC)(CCOC(C)C)O[Si](CC)(CCOC(C)C)O1. The maximum Gasteiger partial charge on any atom is 0.322 e. The van der Waals surface area contributed by atoms with Crippen LogP contribution in [-0.4, -0.2) is 85.1 Å². The van der Waals surface area contributed by atoms with Crippen molar-refractivity contribution in [3.05, 3.63) is 0 Å². The van der Waals surface area contributed by atoms with Crippen molar-refractivity contribution < 1.29 is 35.4 Å². The fourth-order valence-electron chi connectivity index (χ4n) is 4.93. The van der Waals surface area contributed by atoms with E-state index in [1.54, 1.807) is 0 Å². The van der Waals surface area contributed by atoms with Crippen molar-refractivity contribution in [3.8, 4) is 0 Å². The molecule has 0 aromatic heterocycles. The topological polar surface area (TPSA) is 73.8 Å². The van der Waals surface area contributed by atoms with E-state index in [1.165, 1.54) is 0 Å². The first kappa shape index (κ1) is 38.6. The van der Waals surface area contributed by atoms with Gasteiger partial charge in [-0.3, -0.25) is 0 Å². The second-order valence-corrected chi connectivity index (χ2v) is 27.5. The Morgan fingerprint density at radius 3 is 0.675 bits per heavy atom. The average molecular weight is 641 g/mol. The van der Waals surface area contributed by atoms with Crippen LogP contribution in [0.15, 0.2) is 0 Å². The Morgan fingerprint density at radius 1 is 0.375 bits per heavy atom. The summed E-state index contributed by atoms with van der Waals surface area (Å²) in [6.45, 7) is 27.9. The van der Waals surface area contributed by atoms with Crippen LogP contribution in [0.3, 0.4) is 0 Å². The molecule has 1 heterocycles. The molecule has 240 valence electrons. The van der Waals surface area contributed by atoms with Crippen molar-refractivity contribution in [1.82, 2.24) is 0 Å². The summed E-state index contributed by atoms with van der Waals surface area (Å²) >= 11 is 0. The van der Waals surface area contributed by atoms with Crippen molar-refractivity contribution >= 4 is 34.2 Å². The molecule has 8 nitrogen and oxygen atoms in total. The van der Waals surface area contributed by atoms with Gasteiger partial charge >= 0.3 is 34.2 Å². The van der Waals surface area contributed by atoms with Gasteiger partial charge in [0.2, 0.25) is 0 Å². The van der Waals surface area contributed by atoms with E-state index in [4.69, 9.17) is 35.4 Å². The van der Waals surface area contributed by atoms with Crippen molar-refractivity contribution in [2.75, 3.05) is 26.4 Å². The smallest absolute Gasteiger partial charge is 0.322 e. The number of hydrogen-bond acceptors (Lipinski definition) is 8. The number of rotatable bonds is 20. The minimum atomic E-state index is -2.77. The zero-order valence-corrected chi connectivity index (χ0v) is 32.1. The van der Waals surface area contributed by atoms with Crippen molar-refractivity contribution in [2.24, 2.45) is 0 Å². The van der Waals surface area contributed by atoms with Crippen LogP contribution in [0.5, 0.6) is 0 Å². The van der Waals surface area contributed by atoms with Crippen molar-refractivity contribution in [3.63, 3.8) is 0 Å². The highest BCUT2D eigenvalue weighted by molar-refractivity contribution is 6.95. The predicted molar refractivity (Wildman–Crippen MR) is 173 cm³/mol. The lowest BCUT2D eigenvalue weighted by Gasteiger charge is -2.53. The highest BCUT2D eigenvalue weighted by atomic mass is 28.5. The van der Waals surface area contributed by atoms with Crippen LogP contribution in [0.4, 0.5) is 0 Å². The van der Waals surface area contributed by atoms with E-state index < -0.39 is 34.2 Å². The quantitative estimate of drug-likeness (QED) is 0.126. The third-order valence-electron chi connectivity index (χ3n) is 7.38. The second kappa shape index (κ2) is 18.4. The molecule has 40 heavy (non-hydrogen) atoms. The van der Waals surface area contributed by atoms with Crippen molar-refractivity contribution in [1.29, 1.82) is 0 Å². The molecule has 1 aliphatic rings. The van der Waals surface area contributed by atoms with E-state index in [9.17, 15) is 0 Å². The van der Waals surface area contributed by atoms with Crippen LogP contribution >= 0.6 is 0 Å². The molecule has 1 aliphatic heterocycles. The van der Waals surface area contributed by atoms with Gasteiger partial charge < -0.3 is 35.4 Å². The van der Waals surface area contributed by atoms with Gasteiger partial charge in [-0.25, -0.2) is 0 Å². The van der Waals surface area contributed by atoms with Crippen LogP contribution in [-0.2, 0) is 35.4 Å². The summed E-state index contributed by atoms with van der Waals surface area (Å²) in [6, 6.07) is 6.40.